The number of rotatable bonds is 5. The van der Waals surface area contributed by atoms with E-state index in [1.807, 2.05) is 25.1 Å². The Morgan fingerprint density at radius 3 is 2.74 bits per heavy atom. The third-order valence-electron chi connectivity index (χ3n) is 2.79. The molecule has 0 saturated carbocycles. The van der Waals surface area contributed by atoms with Crippen molar-refractivity contribution in [2.24, 2.45) is 4.99 Å². The summed E-state index contributed by atoms with van der Waals surface area (Å²) < 4.78 is 2.39. The van der Waals surface area contributed by atoms with Crippen LogP contribution in [0, 0.1) is 3.95 Å². The number of nitrogens with zero attached hydrogens (tertiary/aromatic N) is 2. The van der Waals surface area contributed by atoms with Crippen LogP contribution in [0.25, 0.3) is 0 Å². The molecule has 100 valence electrons. The van der Waals surface area contributed by atoms with E-state index in [0.717, 1.165) is 11.3 Å². The lowest BCUT2D eigenvalue weighted by Gasteiger charge is -1.98. The highest BCUT2D eigenvalue weighted by Gasteiger charge is 2.07. The second kappa shape index (κ2) is 6.63. The van der Waals surface area contributed by atoms with Gasteiger partial charge in [-0.1, -0.05) is 41.7 Å². The molecule has 5 heteroatoms. The maximum atomic E-state index is 9.94. The van der Waals surface area contributed by atoms with Gasteiger partial charge < -0.3 is 5.11 Å². The molecule has 0 aliphatic rings. The third-order valence-corrected chi connectivity index (χ3v) is 4.16. The molecule has 0 radical (unpaired) electrons. The predicted molar refractivity (Wildman–Crippen MR) is 83.1 cm³/mol. The van der Waals surface area contributed by atoms with E-state index in [1.165, 1.54) is 16.9 Å². The van der Waals surface area contributed by atoms with Crippen molar-refractivity contribution in [3.05, 3.63) is 44.7 Å². The van der Waals surface area contributed by atoms with Gasteiger partial charge in [-0.2, -0.15) is 0 Å². The highest BCUT2D eigenvalue weighted by Crippen LogP contribution is 2.23. The van der Waals surface area contributed by atoms with Crippen molar-refractivity contribution >= 4 is 29.8 Å². The Kier molecular flexibility index (Phi) is 4.87. The fraction of sp³-hybridized carbons (Fsp3) is 0.286. The number of benzene rings is 1. The van der Waals surface area contributed by atoms with Gasteiger partial charge in [0.2, 0.25) is 5.88 Å². The van der Waals surface area contributed by atoms with Crippen LogP contribution in [0.15, 0.2) is 35.3 Å². The number of aromatic hydroxyl groups is 1. The molecule has 0 aliphatic heterocycles. The molecular formula is C14H16N2OS2. The molecule has 0 saturated heterocycles. The molecule has 0 atom stereocenters. The van der Waals surface area contributed by atoms with Crippen molar-refractivity contribution in [3.63, 3.8) is 0 Å². The smallest absolute Gasteiger partial charge is 0.212 e. The van der Waals surface area contributed by atoms with Crippen LogP contribution in [0.1, 0.15) is 17.4 Å². The minimum atomic E-state index is 0.223. The molecule has 0 bridgehead atoms. The zero-order chi connectivity index (χ0) is 13.7. The molecule has 1 heterocycles. The Balaban J connectivity index is 1.98. The fourth-order valence-electron chi connectivity index (χ4n) is 1.76. The predicted octanol–water partition coefficient (Wildman–Crippen LogP) is 3.67. The minimum absolute atomic E-state index is 0.223. The lowest BCUT2D eigenvalue weighted by Crippen LogP contribution is -1.93. The average molecular weight is 292 g/mol. The number of hydrogen-bond acceptors (Lipinski definition) is 4. The standard InChI is InChI=1S/C14H16N2OS2/c1-2-16-13(17)12(19-14(16)18)10-15-9-8-11-6-4-3-5-7-11/h3-7,10,17H,2,8-9H2,1H3. The van der Waals surface area contributed by atoms with Crippen LogP contribution in [-0.2, 0) is 13.0 Å². The molecule has 1 aromatic heterocycles. The molecule has 0 aliphatic carbocycles. The van der Waals surface area contributed by atoms with Gasteiger partial charge in [-0.05, 0) is 31.1 Å². The summed E-state index contributed by atoms with van der Waals surface area (Å²) in [5.41, 5.74) is 1.27. The first-order chi connectivity index (χ1) is 9.22. The molecule has 1 aromatic carbocycles. The summed E-state index contributed by atoms with van der Waals surface area (Å²) >= 11 is 6.56. The van der Waals surface area contributed by atoms with Gasteiger partial charge >= 0.3 is 0 Å². The number of thiazole rings is 1. The lowest BCUT2D eigenvalue weighted by molar-refractivity contribution is 0.419. The molecule has 3 nitrogen and oxygen atoms in total. The van der Waals surface area contributed by atoms with Gasteiger partial charge in [-0.3, -0.25) is 9.56 Å². The maximum absolute atomic E-state index is 9.94. The Hall–Kier alpha value is -1.46. The maximum Gasteiger partial charge on any atom is 0.212 e. The highest BCUT2D eigenvalue weighted by molar-refractivity contribution is 7.73. The van der Waals surface area contributed by atoms with Crippen LogP contribution in [0.5, 0.6) is 5.88 Å². The SMILES string of the molecule is CCn1c(O)c(C=NCCc2ccccc2)sc1=S. The molecule has 1 N–H and O–H groups in total. The first-order valence-corrected chi connectivity index (χ1v) is 7.41. The minimum Gasteiger partial charge on any atom is -0.493 e. The van der Waals surface area contributed by atoms with Crippen LogP contribution >= 0.6 is 23.6 Å². The van der Waals surface area contributed by atoms with Crippen LogP contribution in [0.2, 0.25) is 0 Å². The second-order valence-electron chi connectivity index (χ2n) is 4.07. The Morgan fingerprint density at radius 1 is 1.37 bits per heavy atom. The molecule has 2 aromatic rings. The fourth-order valence-corrected chi connectivity index (χ4v) is 3.09. The van der Waals surface area contributed by atoms with Gasteiger partial charge in [-0.15, -0.1) is 0 Å². The normalized spacial score (nSPS) is 11.2. The van der Waals surface area contributed by atoms with Crippen LogP contribution in [0.4, 0.5) is 0 Å². The van der Waals surface area contributed by atoms with E-state index in [0.29, 0.717) is 17.0 Å². The van der Waals surface area contributed by atoms with Crippen molar-refractivity contribution < 1.29 is 5.11 Å². The summed E-state index contributed by atoms with van der Waals surface area (Å²) in [6.07, 6.45) is 2.61. The number of hydrogen-bond donors (Lipinski definition) is 1. The topological polar surface area (TPSA) is 37.5 Å². The van der Waals surface area contributed by atoms with Crippen LogP contribution in [-0.4, -0.2) is 22.4 Å². The third kappa shape index (κ3) is 3.52. The Labute approximate surface area is 121 Å². The van der Waals surface area contributed by atoms with Crippen LogP contribution in [0.3, 0.4) is 0 Å². The quantitative estimate of drug-likeness (QED) is 0.674. The van der Waals surface area contributed by atoms with E-state index < -0.39 is 0 Å². The van der Waals surface area contributed by atoms with E-state index in [1.54, 1.807) is 10.8 Å². The second-order valence-corrected chi connectivity index (χ2v) is 5.75. The molecular weight excluding hydrogens is 276 g/mol. The zero-order valence-corrected chi connectivity index (χ0v) is 12.4. The molecule has 0 fully saturated rings. The van der Waals surface area contributed by atoms with Gasteiger partial charge in [0, 0.05) is 19.3 Å². The monoisotopic (exact) mass is 292 g/mol. The molecule has 0 amide bonds. The van der Waals surface area contributed by atoms with Crippen molar-refractivity contribution in [1.82, 2.24) is 4.57 Å². The van der Waals surface area contributed by atoms with E-state index in [9.17, 15) is 5.11 Å². The number of aliphatic imine (C=N–C) groups is 1. The molecule has 19 heavy (non-hydrogen) atoms. The van der Waals surface area contributed by atoms with E-state index in [4.69, 9.17) is 12.2 Å². The first-order valence-electron chi connectivity index (χ1n) is 6.18. The molecule has 0 unspecified atom stereocenters. The summed E-state index contributed by atoms with van der Waals surface area (Å²) in [4.78, 5) is 5.09. The first kappa shape index (κ1) is 14.0. The van der Waals surface area contributed by atoms with Crippen molar-refractivity contribution in [1.29, 1.82) is 0 Å². The largest absolute Gasteiger partial charge is 0.493 e. The molecule has 0 spiro atoms. The van der Waals surface area contributed by atoms with E-state index in [2.05, 4.69) is 17.1 Å². The summed E-state index contributed by atoms with van der Waals surface area (Å²) in [6.45, 7) is 3.35. The highest BCUT2D eigenvalue weighted by atomic mass is 32.1. The summed E-state index contributed by atoms with van der Waals surface area (Å²) in [7, 11) is 0. The average Bonchev–Trinajstić information content (AvgIpc) is 2.70. The zero-order valence-electron chi connectivity index (χ0n) is 10.7. The van der Waals surface area contributed by atoms with Gasteiger partial charge in [0.1, 0.15) is 4.88 Å². The lowest BCUT2D eigenvalue weighted by atomic mass is 10.2. The number of aromatic nitrogens is 1. The van der Waals surface area contributed by atoms with Gasteiger partial charge in [0.15, 0.2) is 3.95 Å². The van der Waals surface area contributed by atoms with Crippen molar-refractivity contribution in [2.75, 3.05) is 6.54 Å². The summed E-state index contributed by atoms with van der Waals surface area (Å²) in [5, 5.41) is 9.94. The van der Waals surface area contributed by atoms with E-state index >= 15 is 0 Å². The Bertz CT molecular complexity index is 614. The van der Waals surface area contributed by atoms with Gasteiger partial charge in [0.25, 0.3) is 0 Å². The Morgan fingerprint density at radius 2 is 2.11 bits per heavy atom. The van der Waals surface area contributed by atoms with Crippen molar-refractivity contribution in [2.45, 2.75) is 19.9 Å². The van der Waals surface area contributed by atoms with E-state index in [-0.39, 0.29) is 5.88 Å². The van der Waals surface area contributed by atoms with Gasteiger partial charge in [-0.25, -0.2) is 0 Å². The summed E-state index contributed by atoms with van der Waals surface area (Å²) in [5.74, 6) is 0.223. The van der Waals surface area contributed by atoms with Crippen LogP contribution < -0.4 is 0 Å². The summed E-state index contributed by atoms with van der Waals surface area (Å²) in [6, 6.07) is 10.2. The van der Waals surface area contributed by atoms with Crippen molar-refractivity contribution in [3.8, 4) is 5.88 Å². The molecule has 2 rings (SSSR count). The van der Waals surface area contributed by atoms with Gasteiger partial charge in [0.05, 0.1) is 0 Å².